The molecule has 0 spiro atoms. The van der Waals surface area contributed by atoms with Crippen molar-refractivity contribution in [2.24, 2.45) is 11.8 Å². The minimum Gasteiger partial charge on any atom is -0.463 e. The predicted octanol–water partition coefficient (Wildman–Crippen LogP) is 4.79. The molecule has 0 aromatic carbocycles. The molecule has 0 saturated carbocycles. The van der Waals surface area contributed by atoms with E-state index in [1.54, 1.807) is 0 Å². The Kier molecular flexibility index (Phi) is 8.48. The molecule has 0 aromatic rings. The van der Waals surface area contributed by atoms with Gasteiger partial charge in [-0.1, -0.05) is 40.7 Å². The Morgan fingerprint density at radius 3 is 2.29 bits per heavy atom. The van der Waals surface area contributed by atoms with Crippen molar-refractivity contribution in [2.75, 3.05) is 13.2 Å². The average molecular weight is 315 g/mol. The summed E-state index contributed by atoms with van der Waals surface area (Å²) in [5.41, 5.74) is 0. The fourth-order valence-electron chi connectivity index (χ4n) is 1.78. The molecule has 0 aromatic heterocycles. The van der Waals surface area contributed by atoms with Gasteiger partial charge in [-0.25, -0.2) is 4.79 Å². The van der Waals surface area contributed by atoms with Gasteiger partial charge in [0.15, 0.2) is 8.32 Å². The van der Waals surface area contributed by atoms with Gasteiger partial charge in [0.2, 0.25) is 0 Å². The van der Waals surface area contributed by atoms with Crippen LogP contribution in [0.15, 0.2) is 12.2 Å². The maximum atomic E-state index is 11.3. The second-order valence-corrected chi connectivity index (χ2v) is 12.3. The van der Waals surface area contributed by atoms with E-state index in [0.717, 1.165) is 13.0 Å². The Hall–Kier alpha value is -0.613. The van der Waals surface area contributed by atoms with Crippen molar-refractivity contribution in [3.05, 3.63) is 12.2 Å². The van der Waals surface area contributed by atoms with Crippen LogP contribution < -0.4 is 0 Å². The molecule has 4 heteroatoms. The smallest absolute Gasteiger partial charge is 0.330 e. The summed E-state index contributed by atoms with van der Waals surface area (Å²) in [6, 6.07) is 0. The zero-order chi connectivity index (χ0) is 16.7. The lowest BCUT2D eigenvalue weighted by Gasteiger charge is -2.37. The van der Waals surface area contributed by atoms with Crippen LogP contribution >= 0.6 is 0 Å². The molecule has 0 amide bonds. The normalized spacial score (nSPS) is 16.0. The lowest BCUT2D eigenvalue weighted by Crippen LogP contribution is -2.41. The van der Waals surface area contributed by atoms with Crippen molar-refractivity contribution in [3.8, 4) is 0 Å². The van der Waals surface area contributed by atoms with Crippen LogP contribution in [-0.2, 0) is 14.0 Å². The Labute approximate surface area is 132 Å². The molecule has 3 nitrogen and oxygen atoms in total. The van der Waals surface area contributed by atoms with Crippen molar-refractivity contribution in [2.45, 2.75) is 66.1 Å². The van der Waals surface area contributed by atoms with E-state index in [1.807, 2.05) is 13.0 Å². The van der Waals surface area contributed by atoms with E-state index in [2.05, 4.69) is 47.7 Å². The molecule has 0 aliphatic heterocycles. The number of hydrogen-bond acceptors (Lipinski definition) is 3. The first-order valence-corrected chi connectivity index (χ1v) is 10.9. The van der Waals surface area contributed by atoms with Crippen LogP contribution in [0.25, 0.3) is 0 Å². The van der Waals surface area contributed by atoms with Crippen LogP contribution in [0, 0.1) is 11.8 Å². The summed E-state index contributed by atoms with van der Waals surface area (Å²) in [6.45, 7) is 18.7. The van der Waals surface area contributed by atoms with Gasteiger partial charge >= 0.3 is 5.97 Å². The van der Waals surface area contributed by atoms with Gasteiger partial charge in [0.1, 0.15) is 0 Å². The molecular weight excluding hydrogens is 280 g/mol. The van der Waals surface area contributed by atoms with E-state index in [4.69, 9.17) is 9.16 Å². The van der Waals surface area contributed by atoms with Crippen LogP contribution in [0.4, 0.5) is 0 Å². The van der Waals surface area contributed by atoms with Crippen molar-refractivity contribution in [1.29, 1.82) is 0 Å². The second-order valence-electron chi connectivity index (χ2n) is 7.50. The standard InChI is InChI=1S/C17H34O3Si/c1-9-19-16(18)11-10-14(2)12-15(3)13-20-21(7,8)17(4,5)6/h10-11,14-15H,9,12-13H2,1-8H3/b11-10+/t14-,15-/m1/s1. The largest absolute Gasteiger partial charge is 0.463 e. The van der Waals surface area contributed by atoms with Crippen LogP contribution in [0.2, 0.25) is 18.1 Å². The third-order valence-corrected chi connectivity index (χ3v) is 8.66. The lowest BCUT2D eigenvalue weighted by molar-refractivity contribution is -0.137. The van der Waals surface area contributed by atoms with Gasteiger partial charge in [0.25, 0.3) is 0 Å². The van der Waals surface area contributed by atoms with Gasteiger partial charge in [-0.3, -0.25) is 0 Å². The average Bonchev–Trinajstić information content (AvgIpc) is 2.33. The molecule has 0 radical (unpaired) electrons. The Morgan fingerprint density at radius 2 is 1.81 bits per heavy atom. The molecule has 0 aliphatic carbocycles. The predicted molar refractivity (Wildman–Crippen MR) is 91.9 cm³/mol. The highest BCUT2D eigenvalue weighted by Crippen LogP contribution is 2.36. The molecule has 0 rings (SSSR count). The van der Waals surface area contributed by atoms with E-state index in [0.29, 0.717) is 18.4 Å². The van der Waals surface area contributed by atoms with Crippen molar-refractivity contribution in [3.63, 3.8) is 0 Å². The van der Waals surface area contributed by atoms with Gasteiger partial charge in [-0.2, -0.15) is 0 Å². The molecule has 124 valence electrons. The molecule has 0 N–H and O–H groups in total. The Bertz CT molecular complexity index is 342. The first-order chi connectivity index (χ1) is 9.49. The minimum atomic E-state index is -1.66. The van der Waals surface area contributed by atoms with Crippen LogP contribution in [0.5, 0.6) is 0 Å². The summed E-state index contributed by atoms with van der Waals surface area (Å²) in [5, 5.41) is 0.252. The van der Waals surface area contributed by atoms with Crippen molar-refractivity contribution >= 4 is 14.3 Å². The highest BCUT2D eigenvalue weighted by atomic mass is 28.4. The van der Waals surface area contributed by atoms with E-state index in [1.165, 1.54) is 6.08 Å². The van der Waals surface area contributed by atoms with Gasteiger partial charge in [0.05, 0.1) is 6.61 Å². The zero-order valence-corrected chi connectivity index (χ0v) is 16.2. The Morgan fingerprint density at radius 1 is 1.24 bits per heavy atom. The number of carbonyl (C=O) groups excluding carboxylic acids is 1. The van der Waals surface area contributed by atoms with E-state index in [-0.39, 0.29) is 11.0 Å². The molecular formula is C17H34O3Si. The molecule has 2 atom stereocenters. The van der Waals surface area contributed by atoms with Crippen molar-refractivity contribution in [1.82, 2.24) is 0 Å². The fraction of sp³-hybridized carbons (Fsp3) is 0.824. The Balaban J connectivity index is 4.20. The third kappa shape index (κ3) is 8.42. The summed E-state index contributed by atoms with van der Waals surface area (Å²) in [7, 11) is -1.66. The fourth-order valence-corrected chi connectivity index (χ4v) is 2.92. The number of esters is 1. The minimum absolute atomic E-state index is 0.252. The molecule has 21 heavy (non-hydrogen) atoms. The number of ether oxygens (including phenoxy) is 1. The summed E-state index contributed by atoms with van der Waals surface area (Å²) < 4.78 is 11.1. The molecule has 0 saturated heterocycles. The zero-order valence-electron chi connectivity index (χ0n) is 15.2. The lowest BCUT2D eigenvalue weighted by atomic mass is 9.98. The van der Waals surface area contributed by atoms with Gasteiger partial charge < -0.3 is 9.16 Å². The summed E-state index contributed by atoms with van der Waals surface area (Å²) >= 11 is 0. The summed E-state index contributed by atoms with van der Waals surface area (Å²) in [5.74, 6) is 0.586. The number of allylic oxidation sites excluding steroid dienone is 1. The first kappa shape index (κ1) is 20.4. The monoisotopic (exact) mass is 314 g/mol. The number of rotatable bonds is 8. The van der Waals surface area contributed by atoms with E-state index >= 15 is 0 Å². The topological polar surface area (TPSA) is 35.5 Å². The molecule has 0 heterocycles. The quantitative estimate of drug-likeness (QED) is 0.367. The molecule has 0 aliphatic rings. The van der Waals surface area contributed by atoms with E-state index in [9.17, 15) is 4.79 Å². The van der Waals surface area contributed by atoms with E-state index < -0.39 is 8.32 Å². The van der Waals surface area contributed by atoms with Crippen LogP contribution in [-0.4, -0.2) is 27.5 Å². The molecule has 0 bridgehead atoms. The SMILES string of the molecule is CCOC(=O)/C=C/[C@@H](C)C[C@@H](C)CO[Si](C)(C)C(C)(C)C. The van der Waals surface area contributed by atoms with Crippen LogP contribution in [0.3, 0.4) is 0 Å². The maximum Gasteiger partial charge on any atom is 0.330 e. The summed E-state index contributed by atoms with van der Waals surface area (Å²) in [6.07, 6.45) is 4.49. The highest BCUT2D eigenvalue weighted by Gasteiger charge is 2.37. The molecule has 0 unspecified atom stereocenters. The molecule has 0 fully saturated rings. The van der Waals surface area contributed by atoms with Crippen LogP contribution in [0.1, 0.15) is 48.0 Å². The third-order valence-electron chi connectivity index (χ3n) is 4.16. The highest BCUT2D eigenvalue weighted by molar-refractivity contribution is 6.74. The second kappa shape index (κ2) is 8.74. The first-order valence-electron chi connectivity index (χ1n) is 7.98. The summed E-state index contributed by atoms with van der Waals surface area (Å²) in [4.78, 5) is 11.3. The maximum absolute atomic E-state index is 11.3. The van der Waals surface area contributed by atoms with Gasteiger partial charge in [-0.05, 0) is 43.3 Å². The van der Waals surface area contributed by atoms with Crippen molar-refractivity contribution < 1.29 is 14.0 Å². The number of hydrogen-bond donors (Lipinski definition) is 0. The number of carbonyl (C=O) groups is 1. The van der Waals surface area contributed by atoms with Gasteiger partial charge in [0, 0.05) is 12.7 Å². The van der Waals surface area contributed by atoms with Gasteiger partial charge in [-0.15, -0.1) is 0 Å².